The molecule has 1 aliphatic heterocycles. The summed E-state index contributed by atoms with van der Waals surface area (Å²) in [7, 11) is 1.40. The number of carbonyl (C=O) groups excluding carboxylic acids is 2. The van der Waals surface area contributed by atoms with Crippen LogP contribution in [0.4, 0.5) is 4.79 Å². The maximum absolute atomic E-state index is 12.5. The predicted molar refractivity (Wildman–Crippen MR) is 92.6 cm³/mol. The number of benzene rings is 1. The van der Waals surface area contributed by atoms with Crippen LogP contribution in [0.25, 0.3) is 0 Å². The van der Waals surface area contributed by atoms with E-state index in [-0.39, 0.29) is 34.6 Å². The van der Waals surface area contributed by atoms with E-state index in [2.05, 4.69) is 10.6 Å². The van der Waals surface area contributed by atoms with Crippen molar-refractivity contribution in [2.45, 2.75) is 26.8 Å². The van der Waals surface area contributed by atoms with Gasteiger partial charge in [-0.1, -0.05) is 31.5 Å². The van der Waals surface area contributed by atoms with Crippen molar-refractivity contribution in [2.24, 2.45) is 5.92 Å². The minimum Gasteiger partial charge on any atom is -0.503 e. The number of urea groups is 1. The van der Waals surface area contributed by atoms with Crippen LogP contribution in [0.1, 0.15) is 32.4 Å². The van der Waals surface area contributed by atoms with Crippen LogP contribution in [0.3, 0.4) is 0 Å². The molecule has 0 saturated carbocycles. The highest BCUT2D eigenvalue weighted by molar-refractivity contribution is 6.33. The Morgan fingerprint density at radius 1 is 1.40 bits per heavy atom. The third kappa shape index (κ3) is 3.66. The molecule has 1 aromatic carbocycles. The molecule has 0 radical (unpaired) electrons. The Labute approximate surface area is 150 Å². The Bertz CT molecular complexity index is 730. The summed E-state index contributed by atoms with van der Waals surface area (Å²) in [5.74, 6) is -0.753. The lowest BCUT2D eigenvalue weighted by molar-refractivity contribution is -0.139. The zero-order chi connectivity index (χ0) is 18.7. The Hall–Kier alpha value is -2.41. The first-order chi connectivity index (χ1) is 11.8. The van der Waals surface area contributed by atoms with Crippen molar-refractivity contribution < 1.29 is 24.2 Å². The monoisotopic (exact) mass is 368 g/mol. The van der Waals surface area contributed by atoms with E-state index in [1.54, 1.807) is 13.0 Å². The molecule has 1 aliphatic rings. The van der Waals surface area contributed by atoms with Gasteiger partial charge in [0.05, 0.1) is 30.4 Å². The number of ether oxygens (including phenoxy) is 2. The van der Waals surface area contributed by atoms with Crippen molar-refractivity contribution in [3.8, 4) is 11.5 Å². The number of phenols is 1. The van der Waals surface area contributed by atoms with E-state index >= 15 is 0 Å². The van der Waals surface area contributed by atoms with Gasteiger partial charge in [-0.2, -0.15) is 0 Å². The molecule has 2 rings (SSSR count). The molecule has 7 nitrogen and oxygen atoms in total. The van der Waals surface area contributed by atoms with Crippen LogP contribution in [-0.4, -0.2) is 30.8 Å². The van der Waals surface area contributed by atoms with Crippen molar-refractivity contribution in [2.75, 3.05) is 13.7 Å². The van der Waals surface area contributed by atoms with Gasteiger partial charge in [0.1, 0.15) is 0 Å². The standard InChI is InChI=1S/C17H21ClN2O5/c1-5-25-16(22)11-13(8(2)3)19-17(23)20-14(11)9-6-7-10(24-4)15(21)12(9)18/h6-8,14,21H,5H2,1-4H3,(H2,19,20,23). The number of halogens is 1. The van der Waals surface area contributed by atoms with Crippen molar-refractivity contribution in [3.05, 3.63) is 34.0 Å². The van der Waals surface area contributed by atoms with Gasteiger partial charge < -0.3 is 25.2 Å². The normalized spacial score (nSPS) is 17.2. The van der Waals surface area contributed by atoms with Gasteiger partial charge in [0, 0.05) is 11.3 Å². The molecule has 1 atom stereocenters. The average molecular weight is 369 g/mol. The van der Waals surface area contributed by atoms with E-state index in [4.69, 9.17) is 21.1 Å². The molecule has 0 fully saturated rings. The summed E-state index contributed by atoms with van der Waals surface area (Å²) in [6, 6.07) is 1.79. The van der Waals surface area contributed by atoms with Crippen molar-refractivity contribution >= 4 is 23.6 Å². The topological polar surface area (TPSA) is 96.9 Å². The number of amides is 2. The van der Waals surface area contributed by atoms with Gasteiger partial charge in [0.2, 0.25) is 0 Å². The van der Waals surface area contributed by atoms with Gasteiger partial charge in [0.15, 0.2) is 11.5 Å². The highest BCUT2D eigenvalue weighted by Crippen LogP contribution is 2.42. The molecular weight excluding hydrogens is 348 g/mol. The minimum atomic E-state index is -0.852. The Morgan fingerprint density at radius 2 is 2.08 bits per heavy atom. The molecular formula is C17H21ClN2O5. The third-order valence-corrected chi connectivity index (χ3v) is 4.21. The number of aromatic hydroxyl groups is 1. The fraction of sp³-hybridized carbons (Fsp3) is 0.412. The number of nitrogens with one attached hydrogen (secondary N) is 2. The lowest BCUT2D eigenvalue weighted by Crippen LogP contribution is -2.47. The molecule has 0 saturated heterocycles. The maximum Gasteiger partial charge on any atom is 0.338 e. The van der Waals surface area contributed by atoms with E-state index in [0.717, 1.165) is 0 Å². The van der Waals surface area contributed by atoms with Gasteiger partial charge in [-0.3, -0.25) is 0 Å². The van der Waals surface area contributed by atoms with Crippen molar-refractivity contribution in [1.29, 1.82) is 0 Å². The first kappa shape index (κ1) is 18.9. The second-order valence-electron chi connectivity index (χ2n) is 5.75. The van der Waals surface area contributed by atoms with E-state index in [9.17, 15) is 14.7 Å². The summed E-state index contributed by atoms with van der Waals surface area (Å²) >= 11 is 6.26. The molecule has 2 amide bonds. The second kappa shape index (κ2) is 7.65. The zero-order valence-corrected chi connectivity index (χ0v) is 15.2. The molecule has 0 bridgehead atoms. The first-order valence-corrected chi connectivity index (χ1v) is 8.23. The molecule has 25 heavy (non-hydrogen) atoms. The Morgan fingerprint density at radius 3 is 2.64 bits per heavy atom. The van der Waals surface area contributed by atoms with Crippen LogP contribution in [0.15, 0.2) is 23.4 Å². The molecule has 1 aromatic rings. The maximum atomic E-state index is 12.5. The zero-order valence-electron chi connectivity index (χ0n) is 14.5. The van der Waals surface area contributed by atoms with E-state index in [1.165, 1.54) is 13.2 Å². The quantitative estimate of drug-likeness (QED) is 0.694. The Kier molecular flexibility index (Phi) is 5.79. The van der Waals surface area contributed by atoms with Gasteiger partial charge in [-0.25, -0.2) is 9.59 Å². The predicted octanol–water partition coefficient (Wildman–Crippen LogP) is 2.88. The molecule has 0 aromatic heterocycles. The largest absolute Gasteiger partial charge is 0.503 e. The smallest absolute Gasteiger partial charge is 0.338 e. The summed E-state index contributed by atoms with van der Waals surface area (Å²) in [5.41, 5.74) is 1.08. The van der Waals surface area contributed by atoms with Crippen LogP contribution in [0.2, 0.25) is 5.02 Å². The summed E-state index contributed by atoms with van der Waals surface area (Å²) in [4.78, 5) is 24.6. The van der Waals surface area contributed by atoms with E-state index in [0.29, 0.717) is 11.3 Å². The number of methoxy groups -OCH3 is 1. The van der Waals surface area contributed by atoms with E-state index < -0.39 is 18.0 Å². The number of hydrogen-bond acceptors (Lipinski definition) is 5. The average Bonchev–Trinajstić information content (AvgIpc) is 2.56. The molecule has 1 heterocycles. The molecule has 0 aliphatic carbocycles. The summed E-state index contributed by atoms with van der Waals surface area (Å²) in [5, 5.41) is 15.5. The van der Waals surface area contributed by atoms with Crippen LogP contribution >= 0.6 is 11.6 Å². The van der Waals surface area contributed by atoms with Crippen LogP contribution in [-0.2, 0) is 9.53 Å². The van der Waals surface area contributed by atoms with Gasteiger partial charge in [-0.05, 0) is 18.9 Å². The number of phenolic OH excluding ortho intramolecular Hbond substituents is 1. The molecule has 1 unspecified atom stereocenters. The third-order valence-electron chi connectivity index (χ3n) is 3.82. The SMILES string of the molecule is CCOC(=O)C1=C(C(C)C)NC(=O)NC1c1ccc(OC)c(O)c1Cl. The first-order valence-electron chi connectivity index (χ1n) is 7.85. The van der Waals surface area contributed by atoms with Gasteiger partial charge in [0.25, 0.3) is 0 Å². The van der Waals surface area contributed by atoms with Crippen LogP contribution in [0, 0.1) is 5.92 Å². The lowest BCUT2D eigenvalue weighted by atomic mass is 9.91. The van der Waals surface area contributed by atoms with Crippen LogP contribution in [0.5, 0.6) is 11.5 Å². The lowest BCUT2D eigenvalue weighted by Gasteiger charge is -2.31. The fourth-order valence-electron chi connectivity index (χ4n) is 2.66. The molecule has 3 N–H and O–H groups in total. The summed E-state index contributed by atoms with van der Waals surface area (Å²) < 4.78 is 10.2. The number of carbonyl (C=O) groups is 2. The highest BCUT2D eigenvalue weighted by atomic mass is 35.5. The number of hydrogen-bond donors (Lipinski definition) is 3. The fourth-order valence-corrected chi connectivity index (χ4v) is 2.93. The van der Waals surface area contributed by atoms with Crippen LogP contribution < -0.4 is 15.4 Å². The minimum absolute atomic E-state index is 0.00328. The molecule has 136 valence electrons. The Balaban J connectivity index is 2.64. The summed E-state index contributed by atoms with van der Waals surface area (Å²) in [6.45, 7) is 5.59. The number of rotatable bonds is 5. The number of esters is 1. The molecule has 8 heteroatoms. The molecule has 0 spiro atoms. The van der Waals surface area contributed by atoms with Gasteiger partial charge >= 0.3 is 12.0 Å². The second-order valence-corrected chi connectivity index (χ2v) is 6.13. The summed E-state index contributed by atoms with van der Waals surface area (Å²) in [6.07, 6.45) is 0. The van der Waals surface area contributed by atoms with Gasteiger partial charge in [-0.15, -0.1) is 0 Å². The van der Waals surface area contributed by atoms with E-state index in [1.807, 2.05) is 13.8 Å². The van der Waals surface area contributed by atoms with Crippen molar-refractivity contribution in [1.82, 2.24) is 10.6 Å². The number of allylic oxidation sites excluding steroid dienone is 1. The van der Waals surface area contributed by atoms with Crippen molar-refractivity contribution in [3.63, 3.8) is 0 Å². The highest BCUT2D eigenvalue weighted by Gasteiger charge is 2.36.